The van der Waals surface area contributed by atoms with Crippen molar-refractivity contribution in [1.82, 2.24) is 9.88 Å². The smallest absolute Gasteiger partial charge is 0.228 e. The maximum atomic E-state index is 13.0. The molecule has 0 spiro atoms. The summed E-state index contributed by atoms with van der Waals surface area (Å²) in [5, 5.41) is 2.82. The third-order valence-corrected chi connectivity index (χ3v) is 6.28. The van der Waals surface area contributed by atoms with Gasteiger partial charge in [0.15, 0.2) is 11.5 Å². The van der Waals surface area contributed by atoms with Crippen molar-refractivity contribution in [3.8, 4) is 22.1 Å². The molecule has 7 heteroatoms. The molecule has 0 saturated heterocycles. The summed E-state index contributed by atoms with van der Waals surface area (Å²) in [5.41, 5.74) is 4.11. The van der Waals surface area contributed by atoms with E-state index in [4.69, 9.17) is 14.5 Å². The number of benzene rings is 2. The van der Waals surface area contributed by atoms with Crippen LogP contribution in [-0.4, -0.2) is 50.1 Å². The second-order valence-electron chi connectivity index (χ2n) is 7.26. The summed E-state index contributed by atoms with van der Waals surface area (Å²) in [6.07, 6.45) is 0.301. The van der Waals surface area contributed by atoms with Crippen molar-refractivity contribution in [1.29, 1.82) is 0 Å². The Morgan fingerprint density at radius 1 is 1.10 bits per heavy atom. The second kappa shape index (κ2) is 8.75. The van der Waals surface area contributed by atoms with E-state index in [0.717, 1.165) is 22.8 Å². The topological polar surface area (TPSA) is 54.9 Å². The lowest BCUT2D eigenvalue weighted by Gasteiger charge is -2.20. The highest BCUT2D eigenvalue weighted by Crippen LogP contribution is 2.33. The molecule has 0 radical (unpaired) electrons. The molecule has 0 bridgehead atoms. The number of ether oxygens (including phenoxy) is 2. The van der Waals surface area contributed by atoms with Crippen LogP contribution < -0.4 is 14.4 Å². The van der Waals surface area contributed by atoms with E-state index in [-0.39, 0.29) is 5.91 Å². The molecule has 1 amide bonds. The van der Waals surface area contributed by atoms with Crippen LogP contribution in [-0.2, 0) is 17.8 Å². The number of para-hydroxylation sites is 1. The van der Waals surface area contributed by atoms with E-state index >= 15 is 0 Å². The van der Waals surface area contributed by atoms with Crippen LogP contribution in [0.2, 0.25) is 0 Å². The quantitative estimate of drug-likeness (QED) is 0.624. The van der Waals surface area contributed by atoms with Gasteiger partial charge in [-0.2, -0.15) is 0 Å². The van der Waals surface area contributed by atoms with E-state index in [2.05, 4.69) is 24.1 Å². The second-order valence-corrected chi connectivity index (χ2v) is 8.11. The molecular formula is C23H25N3O3S. The van der Waals surface area contributed by atoms with Gasteiger partial charge in [-0.05, 0) is 29.8 Å². The third kappa shape index (κ3) is 4.11. The lowest BCUT2D eigenvalue weighted by molar-refractivity contribution is -0.130. The number of thiazole rings is 1. The molecule has 0 fully saturated rings. The fourth-order valence-electron chi connectivity index (χ4n) is 3.66. The lowest BCUT2D eigenvalue weighted by Crippen LogP contribution is -2.35. The predicted molar refractivity (Wildman–Crippen MR) is 119 cm³/mol. The first-order chi connectivity index (χ1) is 14.6. The molecule has 1 aromatic heterocycles. The van der Waals surface area contributed by atoms with Crippen molar-refractivity contribution in [2.45, 2.75) is 13.0 Å². The van der Waals surface area contributed by atoms with E-state index in [9.17, 15) is 4.79 Å². The van der Waals surface area contributed by atoms with Crippen molar-refractivity contribution in [2.24, 2.45) is 0 Å². The van der Waals surface area contributed by atoms with Crippen LogP contribution >= 0.6 is 11.3 Å². The van der Waals surface area contributed by atoms with Gasteiger partial charge in [0.2, 0.25) is 5.91 Å². The van der Waals surface area contributed by atoms with E-state index in [1.54, 1.807) is 14.2 Å². The molecule has 4 rings (SSSR count). The normalized spacial score (nSPS) is 13.6. The van der Waals surface area contributed by atoms with Gasteiger partial charge in [-0.3, -0.25) is 4.79 Å². The zero-order chi connectivity index (χ0) is 21.1. The number of hydrogen-bond donors (Lipinski definition) is 0. The van der Waals surface area contributed by atoms with Crippen LogP contribution in [0.5, 0.6) is 11.5 Å². The highest BCUT2D eigenvalue weighted by molar-refractivity contribution is 7.13. The molecule has 1 aliphatic heterocycles. The molecule has 2 heterocycles. The molecule has 6 nitrogen and oxygen atoms in total. The number of carbonyl (C=O) groups excluding carboxylic acids is 1. The number of rotatable bonds is 5. The Morgan fingerprint density at radius 2 is 1.90 bits per heavy atom. The van der Waals surface area contributed by atoms with Crippen LogP contribution in [0.4, 0.5) is 5.69 Å². The van der Waals surface area contributed by atoms with Gasteiger partial charge in [0.1, 0.15) is 5.01 Å². The number of hydrogen-bond acceptors (Lipinski definition) is 6. The molecule has 0 aliphatic carbocycles. The fraction of sp³-hybridized carbons (Fsp3) is 0.304. The molecule has 0 saturated carbocycles. The summed E-state index contributed by atoms with van der Waals surface area (Å²) in [5.74, 6) is 1.44. The summed E-state index contributed by atoms with van der Waals surface area (Å²) < 4.78 is 10.7. The Hall–Kier alpha value is -3.06. The number of amides is 1. The number of anilines is 1. The molecule has 0 unspecified atom stereocenters. The minimum atomic E-state index is 0.101. The van der Waals surface area contributed by atoms with E-state index in [1.165, 1.54) is 22.6 Å². The SMILES string of the molecule is COc1ccc(-c2nc(CC(=O)N3CCN(C)c4ccccc4C3)cs2)cc1OC. The monoisotopic (exact) mass is 423 g/mol. The van der Waals surface area contributed by atoms with Gasteiger partial charge in [-0.25, -0.2) is 4.98 Å². The summed E-state index contributed by atoms with van der Waals surface area (Å²) >= 11 is 1.53. The largest absolute Gasteiger partial charge is 0.493 e. The zero-order valence-electron chi connectivity index (χ0n) is 17.4. The van der Waals surface area contributed by atoms with Gasteiger partial charge < -0.3 is 19.3 Å². The van der Waals surface area contributed by atoms with Gasteiger partial charge in [-0.1, -0.05) is 18.2 Å². The Kier molecular flexibility index (Phi) is 5.90. The molecule has 0 atom stereocenters. The third-order valence-electron chi connectivity index (χ3n) is 5.34. The first-order valence-corrected chi connectivity index (χ1v) is 10.7. The Morgan fingerprint density at radius 3 is 2.70 bits per heavy atom. The number of nitrogens with zero attached hydrogens (tertiary/aromatic N) is 3. The maximum Gasteiger partial charge on any atom is 0.228 e. The Bertz CT molecular complexity index is 1050. The maximum absolute atomic E-state index is 13.0. The minimum absolute atomic E-state index is 0.101. The molecule has 2 aromatic carbocycles. The average Bonchev–Trinajstić information content (AvgIpc) is 3.17. The standard InChI is InChI=1S/C23H25N3O3S/c1-25-10-11-26(14-17-6-4-5-7-19(17)25)22(27)13-18-15-30-23(24-18)16-8-9-20(28-2)21(12-16)29-3/h4-9,12,15H,10-11,13-14H2,1-3H3. The average molecular weight is 424 g/mol. The summed E-state index contributed by atoms with van der Waals surface area (Å²) in [6.45, 7) is 2.15. The van der Waals surface area contributed by atoms with Crippen LogP contribution in [0.25, 0.3) is 10.6 Å². The minimum Gasteiger partial charge on any atom is -0.493 e. The van der Waals surface area contributed by atoms with Gasteiger partial charge >= 0.3 is 0 Å². The number of fused-ring (bicyclic) bond motifs is 1. The van der Waals surface area contributed by atoms with Crippen molar-refractivity contribution in [2.75, 3.05) is 39.3 Å². The molecule has 30 heavy (non-hydrogen) atoms. The van der Waals surface area contributed by atoms with E-state index in [0.29, 0.717) is 31.0 Å². The van der Waals surface area contributed by atoms with E-state index in [1.807, 2.05) is 40.6 Å². The van der Waals surface area contributed by atoms with Crippen molar-refractivity contribution in [3.63, 3.8) is 0 Å². The summed E-state index contributed by atoms with van der Waals surface area (Å²) in [4.78, 5) is 21.8. The Labute approximate surface area is 180 Å². The number of methoxy groups -OCH3 is 2. The predicted octanol–water partition coefficient (Wildman–Crippen LogP) is 3.85. The van der Waals surface area contributed by atoms with Gasteiger partial charge in [0.05, 0.1) is 26.3 Å². The van der Waals surface area contributed by atoms with Gasteiger partial charge in [0, 0.05) is 43.3 Å². The first kappa shape index (κ1) is 20.2. The van der Waals surface area contributed by atoms with Gasteiger partial charge in [-0.15, -0.1) is 11.3 Å². The molecule has 156 valence electrons. The molecule has 0 N–H and O–H groups in total. The van der Waals surface area contributed by atoms with Crippen LogP contribution in [0.3, 0.4) is 0 Å². The Balaban J connectivity index is 1.48. The number of aromatic nitrogens is 1. The van der Waals surface area contributed by atoms with Gasteiger partial charge in [0.25, 0.3) is 0 Å². The fourth-order valence-corrected chi connectivity index (χ4v) is 4.48. The number of likely N-dealkylation sites (N-methyl/N-ethyl adjacent to an activating group) is 1. The van der Waals surface area contributed by atoms with Crippen LogP contribution in [0, 0.1) is 0 Å². The summed E-state index contributed by atoms with van der Waals surface area (Å²) in [7, 11) is 5.30. The molecular weight excluding hydrogens is 398 g/mol. The molecule has 3 aromatic rings. The summed E-state index contributed by atoms with van der Waals surface area (Å²) in [6, 6.07) is 14.0. The van der Waals surface area contributed by atoms with Crippen molar-refractivity contribution in [3.05, 3.63) is 59.1 Å². The zero-order valence-corrected chi connectivity index (χ0v) is 18.2. The van der Waals surface area contributed by atoms with E-state index < -0.39 is 0 Å². The van der Waals surface area contributed by atoms with Crippen molar-refractivity contribution < 1.29 is 14.3 Å². The highest BCUT2D eigenvalue weighted by atomic mass is 32.1. The highest BCUT2D eigenvalue weighted by Gasteiger charge is 2.22. The van der Waals surface area contributed by atoms with Crippen molar-refractivity contribution >= 4 is 22.9 Å². The lowest BCUT2D eigenvalue weighted by atomic mass is 10.1. The first-order valence-electron chi connectivity index (χ1n) is 9.82. The van der Waals surface area contributed by atoms with Crippen LogP contribution in [0.1, 0.15) is 11.3 Å². The number of carbonyl (C=O) groups is 1. The van der Waals surface area contributed by atoms with Crippen LogP contribution in [0.15, 0.2) is 47.8 Å². The molecule has 1 aliphatic rings.